The highest BCUT2D eigenvalue weighted by atomic mass is 32.2. The second kappa shape index (κ2) is 6.96. The van der Waals surface area contributed by atoms with Crippen molar-refractivity contribution in [3.05, 3.63) is 6.07 Å². The van der Waals surface area contributed by atoms with Crippen LogP contribution in [0.2, 0.25) is 0 Å². The minimum absolute atomic E-state index is 0.556. The number of hydrogen-bond acceptors (Lipinski definition) is 6. The van der Waals surface area contributed by atoms with Crippen LogP contribution in [0.5, 0.6) is 0 Å². The molecule has 6 heteroatoms. The predicted octanol–water partition coefficient (Wildman–Crippen LogP) is 1.74. The number of nitrogens with zero attached hydrogens (tertiary/aromatic N) is 3. The summed E-state index contributed by atoms with van der Waals surface area (Å²) in [6, 6.07) is 1.86. The van der Waals surface area contributed by atoms with Crippen LogP contribution < -0.4 is 16.4 Å². The first-order valence-corrected chi connectivity index (χ1v) is 7.94. The van der Waals surface area contributed by atoms with Gasteiger partial charge in [0.15, 0.2) is 5.16 Å². The highest BCUT2D eigenvalue weighted by Gasteiger charge is 2.23. The third-order valence-electron chi connectivity index (χ3n) is 3.38. The minimum Gasteiger partial charge on any atom is -0.383 e. The first-order valence-electron chi connectivity index (χ1n) is 6.95. The standard InChI is InChI=1S/C13H23N5S/c1-2-3-6-19-13-16-11(15)7-12(17-13)18-5-4-10(8-14)9-18/h7,10H,2-6,8-9,14H2,1H3,(H2,15,16,17). The van der Waals surface area contributed by atoms with Crippen molar-refractivity contribution in [3.63, 3.8) is 0 Å². The second-order valence-electron chi connectivity index (χ2n) is 4.97. The van der Waals surface area contributed by atoms with E-state index >= 15 is 0 Å². The van der Waals surface area contributed by atoms with Gasteiger partial charge in [-0.05, 0) is 25.3 Å². The van der Waals surface area contributed by atoms with Crippen molar-refractivity contribution < 1.29 is 0 Å². The maximum Gasteiger partial charge on any atom is 0.191 e. The zero-order valence-electron chi connectivity index (χ0n) is 11.5. The summed E-state index contributed by atoms with van der Waals surface area (Å²) >= 11 is 1.69. The molecule has 0 aromatic carbocycles. The van der Waals surface area contributed by atoms with E-state index in [4.69, 9.17) is 11.5 Å². The molecule has 0 spiro atoms. The van der Waals surface area contributed by atoms with Crippen molar-refractivity contribution >= 4 is 23.4 Å². The molecular weight excluding hydrogens is 258 g/mol. The molecule has 1 unspecified atom stereocenters. The monoisotopic (exact) mass is 281 g/mol. The summed E-state index contributed by atoms with van der Waals surface area (Å²) in [7, 11) is 0. The van der Waals surface area contributed by atoms with Crippen LogP contribution in [0, 0.1) is 5.92 Å². The number of anilines is 2. The van der Waals surface area contributed by atoms with Gasteiger partial charge in [0.25, 0.3) is 0 Å². The van der Waals surface area contributed by atoms with Crippen LogP contribution in [-0.2, 0) is 0 Å². The first-order chi connectivity index (χ1) is 9.22. The molecule has 1 atom stereocenters. The van der Waals surface area contributed by atoms with E-state index in [2.05, 4.69) is 21.8 Å². The Morgan fingerprint density at radius 2 is 2.32 bits per heavy atom. The Hall–Kier alpha value is -1.01. The van der Waals surface area contributed by atoms with Crippen molar-refractivity contribution in [3.8, 4) is 0 Å². The maximum absolute atomic E-state index is 5.88. The van der Waals surface area contributed by atoms with Crippen molar-refractivity contribution in [2.24, 2.45) is 11.7 Å². The molecule has 2 rings (SSSR count). The Morgan fingerprint density at radius 1 is 1.47 bits per heavy atom. The SMILES string of the molecule is CCCCSc1nc(N)cc(N2CCC(CN)C2)n1. The van der Waals surface area contributed by atoms with E-state index < -0.39 is 0 Å². The van der Waals surface area contributed by atoms with Gasteiger partial charge in [-0.3, -0.25) is 0 Å². The van der Waals surface area contributed by atoms with Gasteiger partial charge in [-0.1, -0.05) is 25.1 Å². The number of rotatable bonds is 6. The summed E-state index contributed by atoms with van der Waals surface area (Å²) in [5, 5.41) is 0.791. The molecule has 5 nitrogen and oxygen atoms in total. The summed E-state index contributed by atoms with van der Waals surface area (Å²) < 4.78 is 0. The fraction of sp³-hybridized carbons (Fsp3) is 0.692. The van der Waals surface area contributed by atoms with E-state index in [1.165, 1.54) is 12.8 Å². The Bertz CT molecular complexity index is 412. The molecule has 0 aliphatic carbocycles. The van der Waals surface area contributed by atoms with Gasteiger partial charge in [-0.15, -0.1) is 0 Å². The molecule has 1 aromatic rings. The number of aromatic nitrogens is 2. The molecule has 4 N–H and O–H groups in total. The fourth-order valence-corrected chi connectivity index (χ4v) is 3.14. The van der Waals surface area contributed by atoms with Crippen LogP contribution in [0.25, 0.3) is 0 Å². The highest BCUT2D eigenvalue weighted by Crippen LogP contribution is 2.25. The van der Waals surface area contributed by atoms with Crippen LogP contribution >= 0.6 is 11.8 Å². The van der Waals surface area contributed by atoms with E-state index in [0.29, 0.717) is 11.7 Å². The Labute approximate surface area is 119 Å². The topological polar surface area (TPSA) is 81.1 Å². The van der Waals surface area contributed by atoms with Gasteiger partial charge >= 0.3 is 0 Å². The van der Waals surface area contributed by atoms with Gasteiger partial charge < -0.3 is 16.4 Å². The van der Waals surface area contributed by atoms with Crippen molar-refractivity contribution in [1.29, 1.82) is 0 Å². The molecule has 2 heterocycles. The van der Waals surface area contributed by atoms with Crippen molar-refractivity contribution in [2.45, 2.75) is 31.3 Å². The van der Waals surface area contributed by atoms with Gasteiger partial charge in [0.1, 0.15) is 11.6 Å². The normalized spacial score (nSPS) is 19.1. The molecule has 1 saturated heterocycles. The number of hydrogen-bond donors (Lipinski definition) is 2. The molecule has 1 aromatic heterocycles. The van der Waals surface area contributed by atoms with E-state index in [-0.39, 0.29) is 0 Å². The Balaban J connectivity index is 2.04. The van der Waals surface area contributed by atoms with E-state index in [9.17, 15) is 0 Å². The molecule has 0 bridgehead atoms. The lowest BCUT2D eigenvalue weighted by atomic mass is 10.1. The average molecular weight is 281 g/mol. The van der Waals surface area contributed by atoms with Gasteiger partial charge in [0.2, 0.25) is 0 Å². The maximum atomic E-state index is 5.88. The molecule has 1 aliphatic rings. The molecule has 0 radical (unpaired) electrons. The van der Waals surface area contributed by atoms with E-state index in [1.807, 2.05) is 6.07 Å². The zero-order valence-corrected chi connectivity index (χ0v) is 12.3. The van der Waals surface area contributed by atoms with Crippen molar-refractivity contribution in [1.82, 2.24) is 9.97 Å². The van der Waals surface area contributed by atoms with Crippen LogP contribution in [0.4, 0.5) is 11.6 Å². The smallest absolute Gasteiger partial charge is 0.191 e. The number of nitrogen functional groups attached to an aromatic ring is 1. The summed E-state index contributed by atoms with van der Waals surface area (Å²) in [5.41, 5.74) is 11.6. The van der Waals surface area contributed by atoms with Crippen LogP contribution in [0.3, 0.4) is 0 Å². The van der Waals surface area contributed by atoms with Gasteiger partial charge in [-0.25, -0.2) is 9.97 Å². The molecule has 1 aliphatic heterocycles. The Kier molecular flexibility index (Phi) is 5.27. The quantitative estimate of drug-likeness (QED) is 0.469. The molecule has 106 valence electrons. The van der Waals surface area contributed by atoms with Crippen molar-refractivity contribution in [2.75, 3.05) is 36.0 Å². The Morgan fingerprint density at radius 3 is 3.00 bits per heavy atom. The van der Waals surface area contributed by atoms with Gasteiger partial charge in [-0.2, -0.15) is 0 Å². The predicted molar refractivity (Wildman–Crippen MR) is 81.5 cm³/mol. The third-order valence-corrected chi connectivity index (χ3v) is 4.32. The van der Waals surface area contributed by atoms with Crippen LogP contribution in [0.15, 0.2) is 11.2 Å². The summed E-state index contributed by atoms with van der Waals surface area (Å²) in [4.78, 5) is 11.2. The second-order valence-corrected chi connectivity index (χ2v) is 6.03. The summed E-state index contributed by atoms with van der Waals surface area (Å²) in [6.45, 7) is 4.92. The van der Waals surface area contributed by atoms with E-state index in [0.717, 1.165) is 42.8 Å². The third kappa shape index (κ3) is 3.98. The lowest BCUT2D eigenvalue weighted by molar-refractivity contribution is 0.602. The number of nitrogens with two attached hydrogens (primary N) is 2. The molecule has 0 saturated carbocycles. The summed E-state index contributed by atoms with van der Waals surface area (Å²) in [6.07, 6.45) is 3.50. The summed E-state index contributed by atoms with van der Waals surface area (Å²) in [5.74, 6) is 3.13. The molecule has 1 fully saturated rings. The average Bonchev–Trinajstić information content (AvgIpc) is 2.87. The number of unbranched alkanes of at least 4 members (excludes halogenated alkanes) is 1. The van der Waals surface area contributed by atoms with Crippen LogP contribution in [-0.4, -0.2) is 35.4 Å². The largest absolute Gasteiger partial charge is 0.383 e. The minimum atomic E-state index is 0.556. The lowest BCUT2D eigenvalue weighted by Gasteiger charge is -2.18. The van der Waals surface area contributed by atoms with E-state index in [1.54, 1.807) is 11.8 Å². The molecular formula is C13H23N5S. The fourth-order valence-electron chi connectivity index (χ4n) is 2.20. The van der Waals surface area contributed by atoms with Gasteiger partial charge in [0.05, 0.1) is 0 Å². The van der Waals surface area contributed by atoms with Gasteiger partial charge in [0, 0.05) is 24.9 Å². The molecule has 0 amide bonds. The molecule has 19 heavy (non-hydrogen) atoms. The first kappa shape index (κ1) is 14.4. The zero-order chi connectivity index (χ0) is 13.7. The van der Waals surface area contributed by atoms with Crippen LogP contribution in [0.1, 0.15) is 26.2 Å². The number of thioether (sulfide) groups is 1. The highest BCUT2D eigenvalue weighted by molar-refractivity contribution is 7.99. The lowest BCUT2D eigenvalue weighted by Crippen LogP contribution is -2.23.